The lowest BCUT2D eigenvalue weighted by Gasteiger charge is -2.18. The Balaban J connectivity index is 1.91. The van der Waals surface area contributed by atoms with Gasteiger partial charge >= 0.3 is 0 Å². The molecule has 0 N–H and O–H groups in total. The maximum Gasteiger partial charge on any atom is 0.263 e. The zero-order valence-electron chi connectivity index (χ0n) is 14.4. The van der Waals surface area contributed by atoms with Gasteiger partial charge in [-0.1, -0.05) is 48.6 Å². The van der Waals surface area contributed by atoms with E-state index < -0.39 is 0 Å². The van der Waals surface area contributed by atoms with Gasteiger partial charge < -0.3 is 0 Å². The second-order valence-electron chi connectivity index (χ2n) is 6.67. The first-order valence-corrected chi connectivity index (χ1v) is 9.21. The molecule has 126 valence electrons. The first-order valence-electron chi connectivity index (χ1n) is 9.21. The lowest BCUT2D eigenvalue weighted by atomic mass is 9.90. The van der Waals surface area contributed by atoms with Crippen LogP contribution >= 0.6 is 0 Å². The fourth-order valence-corrected chi connectivity index (χ4v) is 3.65. The van der Waals surface area contributed by atoms with Gasteiger partial charge in [0, 0.05) is 11.9 Å². The second-order valence-corrected chi connectivity index (χ2v) is 6.67. The summed E-state index contributed by atoms with van der Waals surface area (Å²) in [5.74, 6) is 0. The van der Waals surface area contributed by atoms with E-state index in [1.807, 2.05) is 6.20 Å². The molecular weight excluding hydrogens is 306 g/mol. The first kappa shape index (κ1) is 15.9. The Morgan fingerprint density at radius 2 is 1.36 bits per heavy atom. The summed E-state index contributed by atoms with van der Waals surface area (Å²) >= 11 is 0. The van der Waals surface area contributed by atoms with Gasteiger partial charge in [0.05, 0.1) is 5.56 Å². The molecule has 2 nitrogen and oxygen atoms in total. The second kappa shape index (κ2) is 7.10. The van der Waals surface area contributed by atoms with Crippen LogP contribution in [-0.2, 0) is 0 Å². The average Bonchev–Trinajstić information content (AvgIpc) is 2.70. The van der Waals surface area contributed by atoms with E-state index in [0.29, 0.717) is 0 Å². The predicted octanol–water partition coefficient (Wildman–Crippen LogP) is 5.51. The standard InChI is InChI=1S/C23H23NO/c25-23-22(19-12-6-2-7-13-19)21(18-10-4-1-5-11-18)16-17-24(23)20-14-8-3-9-15-20/h4,6,8,10-17H,1-3,5,7,9H2. The molecule has 1 aromatic rings. The van der Waals surface area contributed by atoms with Crippen LogP contribution in [0.2, 0.25) is 0 Å². The number of hydrogen-bond acceptors (Lipinski definition) is 1. The third-order valence-electron chi connectivity index (χ3n) is 4.94. The molecule has 0 saturated heterocycles. The summed E-state index contributed by atoms with van der Waals surface area (Å²) in [6, 6.07) is 2.10. The summed E-state index contributed by atoms with van der Waals surface area (Å²) in [5.41, 5.74) is 5.16. The minimum absolute atomic E-state index is 0.0768. The highest BCUT2D eigenvalue weighted by atomic mass is 16.1. The van der Waals surface area contributed by atoms with Crippen molar-refractivity contribution >= 4 is 16.8 Å². The van der Waals surface area contributed by atoms with Crippen LogP contribution in [0, 0.1) is 0 Å². The van der Waals surface area contributed by atoms with E-state index in [9.17, 15) is 4.79 Å². The highest BCUT2D eigenvalue weighted by Crippen LogP contribution is 2.30. The minimum Gasteiger partial charge on any atom is -0.284 e. The van der Waals surface area contributed by atoms with E-state index in [0.717, 1.165) is 60.9 Å². The molecule has 0 amide bonds. The molecule has 0 unspecified atom stereocenters. The molecule has 0 aliphatic heterocycles. The molecule has 0 saturated carbocycles. The SMILES string of the molecule is O=c1c(C2=CCCC=C2)c(C2=CCCC=C2)ccn1C1=CCCC=C1. The lowest BCUT2D eigenvalue weighted by Crippen LogP contribution is -2.24. The molecule has 3 aliphatic rings. The summed E-state index contributed by atoms with van der Waals surface area (Å²) in [7, 11) is 0. The first-order chi connectivity index (χ1) is 12.3. The summed E-state index contributed by atoms with van der Waals surface area (Å²) in [5, 5.41) is 0. The number of aromatic nitrogens is 1. The number of allylic oxidation sites excluding steroid dienone is 12. The average molecular weight is 329 g/mol. The zero-order valence-corrected chi connectivity index (χ0v) is 14.4. The maximum absolute atomic E-state index is 13.4. The molecule has 25 heavy (non-hydrogen) atoms. The predicted molar refractivity (Wildman–Crippen MR) is 106 cm³/mol. The molecule has 0 aromatic carbocycles. The van der Waals surface area contributed by atoms with Crippen molar-refractivity contribution in [1.29, 1.82) is 0 Å². The highest BCUT2D eigenvalue weighted by Gasteiger charge is 2.17. The third kappa shape index (κ3) is 3.17. The quantitative estimate of drug-likeness (QED) is 0.717. The Morgan fingerprint density at radius 1 is 0.720 bits per heavy atom. The molecule has 4 rings (SSSR count). The van der Waals surface area contributed by atoms with Crippen LogP contribution in [-0.4, -0.2) is 4.57 Å². The molecule has 3 aliphatic carbocycles. The normalized spacial score (nSPS) is 19.4. The van der Waals surface area contributed by atoms with Crippen molar-refractivity contribution < 1.29 is 0 Å². The molecule has 0 spiro atoms. The molecule has 1 heterocycles. The van der Waals surface area contributed by atoms with Gasteiger partial charge in [-0.15, -0.1) is 0 Å². The van der Waals surface area contributed by atoms with Crippen molar-refractivity contribution in [2.45, 2.75) is 38.5 Å². The van der Waals surface area contributed by atoms with Crippen LogP contribution in [0.5, 0.6) is 0 Å². The summed E-state index contributed by atoms with van der Waals surface area (Å²) < 4.78 is 1.80. The number of nitrogens with zero attached hydrogens (tertiary/aromatic N) is 1. The Hall–Kier alpha value is -2.61. The Bertz CT molecular complexity index is 916. The van der Waals surface area contributed by atoms with Gasteiger partial charge in [-0.05, 0) is 67.4 Å². The van der Waals surface area contributed by atoms with E-state index in [4.69, 9.17) is 0 Å². The zero-order chi connectivity index (χ0) is 17.1. The molecule has 0 atom stereocenters. The van der Waals surface area contributed by atoms with Crippen LogP contribution in [0.4, 0.5) is 0 Å². The van der Waals surface area contributed by atoms with E-state index in [-0.39, 0.29) is 5.56 Å². The number of hydrogen-bond donors (Lipinski definition) is 0. The lowest BCUT2D eigenvalue weighted by molar-refractivity contribution is 0.960. The van der Waals surface area contributed by atoms with Gasteiger partial charge in [0.2, 0.25) is 0 Å². The van der Waals surface area contributed by atoms with Crippen molar-refractivity contribution in [1.82, 2.24) is 4.57 Å². The van der Waals surface area contributed by atoms with Gasteiger partial charge in [0.15, 0.2) is 0 Å². The monoisotopic (exact) mass is 329 g/mol. The van der Waals surface area contributed by atoms with Crippen LogP contribution in [0.25, 0.3) is 16.8 Å². The molecular formula is C23H23NO. The van der Waals surface area contributed by atoms with Crippen LogP contribution in [0.3, 0.4) is 0 Å². The maximum atomic E-state index is 13.4. The van der Waals surface area contributed by atoms with Crippen molar-refractivity contribution in [2.24, 2.45) is 0 Å². The molecule has 0 fully saturated rings. The summed E-state index contributed by atoms with van der Waals surface area (Å²) in [6.45, 7) is 0. The molecule has 0 radical (unpaired) electrons. The minimum atomic E-state index is 0.0768. The number of pyridine rings is 1. The van der Waals surface area contributed by atoms with Gasteiger partial charge in [-0.2, -0.15) is 0 Å². The van der Waals surface area contributed by atoms with Gasteiger partial charge in [0.1, 0.15) is 0 Å². The fraction of sp³-hybridized carbons (Fsp3) is 0.261. The Labute approximate surface area is 148 Å². The van der Waals surface area contributed by atoms with Gasteiger partial charge in [-0.3, -0.25) is 9.36 Å². The van der Waals surface area contributed by atoms with Crippen molar-refractivity contribution in [3.63, 3.8) is 0 Å². The van der Waals surface area contributed by atoms with E-state index in [1.165, 1.54) is 5.57 Å². The fourth-order valence-electron chi connectivity index (χ4n) is 3.65. The highest BCUT2D eigenvalue weighted by molar-refractivity contribution is 5.87. The van der Waals surface area contributed by atoms with E-state index in [2.05, 4.69) is 60.8 Å². The van der Waals surface area contributed by atoms with E-state index >= 15 is 0 Å². The van der Waals surface area contributed by atoms with Gasteiger partial charge in [-0.25, -0.2) is 0 Å². The van der Waals surface area contributed by atoms with Gasteiger partial charge in [0.25, 0.3) is 5.56 Å². The van der Waals surface area contributed by atoms with Crippen molar-refractivity contribution in [2.75, 3.05) is 0 Å². The molecule has 0 bridgehead atoms. The van der Waals surface area contributed by atoms with Crippen LogP contribution in [0.1, 0.15) is 49.7 Å². The molecule has 1 aromatic heterocycles. The number of rotatable bonds is 3. The van der Waals surface area contributed by atoms with Crippen molar-refractivity contribution in [3.05, 3.63) is 88.4 Å². The Kier molecular flexibility index (Phi) is 4.51. The van der Waals surface area contributed by atoms with Crippen LogP contribution in [0.15, 0.2) is 71.7 Å². The Morgan fingerprint density at radius 3 is 1.96 bits per heavy atom. The third-order valence-corrected chi connectivity index (χ3v) is 4.94. The summed E-state index contributed by atoms with van der Waals surface area (Å²) in [4.78, 5) is 13.4. The summed E-state index contributed by atoms with van der Waals surface area (Å²) in [6.07, 6.45) is 27.5. The van der Waals surface area contributed by atoms with Crippen molar-refractivity contribution in [3.8, 4) is 0 Å². The largest absolute Gasteiger partial charge is 0.284 e. The topological polar surface area (TPSA) is 22.0 Å². The molecule has 2 heteroatoms. The van der Waals surface area contributed by atoms with E-state index in [1.54, 1.807) is 4.57 Å². The van der Waals surface area contributed by atoms with Crippen LogP contribution < -0.4 is 5.56 Å². The smallest absolute Gasteiger partial charge is 0.263 e.